The maximum Gasteiger partial charge on any atom is 0.325 e. The molecule has 0 saturated heterocycles. The average Bonchev–Trinajstić information content (AvgIpc) is 0.768. The van der Waals surface area contributed by atoms with E-state index in [0.717, 1.165) is 21.3 Å². The van der Waals surface area contributed by atoms with E-state index in [1.165, 1.54) is 89.3 Å². The van der Waals surface area contributed by atoms with Crippen molar-refractivity contribution in [2.24, 2.45) is 0 Å². The van der Waals surface area contributed by atoms with Crippen molar-refractivity contribution < 1.29 is 139 Å². The topological polar surface area (TPSA) is 332 Å². The van der Waals surface area contributed by atoms with Crippen molar-refractivity contribution in [2.75, 3.05) is 69.1 Å². The van der Waals surface area contributed by atoms with Crippen molar-refractivity contribution >= 4 is 203 Å². The fourth-order valence-corrected chi connectivity index (χ4v) is 12.4. The number of nitrogens with zero attached hydrogens (tertiary/aromatic N) is 3. The van der Waals surface area contributed by atoms with Crippen molar-refractivity contribution in [1.82, 2.24) is 14.7 Å². The number of carboxylic acids is 1. The highest BCUT2D eigenvalue weighted by molar-refractivity contribution is 6.62. The number of para-hydroxylation sites is 6. The number of hydrogen-bond donors (Lipinski definition) is 3. The first kappa shape index (κ1) is 92.4. The number of aromatic hydroxyl groups is 1. The lowest BCUT2D eigenvalue weighted by atomic mass is 10.1. The first-order valence-electron chi connectivity index (χ1n) is 54.7. The van der Waals surface area contributed by atoms with Gasteiger partial charge in [0.1, 0.15) is 82.8 Å². The summed E-state index contributed by atoms with van der Waals surface area (Å²) in [7, 11) is 7.17. The van der Waals surface area contributed by atoms with Crippen LogP contribution in [0.25, 0.3) is 0 Å². The molecule has 0 atom stereocenters. The molecule has 0 saturated carbocycles. The highest BCUT2D eigenvalue weighted by Crippen LogP contribution is 2.35. The summed E-state index contributed by atoms with van der Waals surface area (Å²) in [6.07, 6.45) is -3.11. The predicted molar refractivity (Wildman–Crippen MR) is 593 cm³/mol. The molecular weight excluding hydrogens is 2180 g/mol. The number of aliphatic hydroxyl groups excluding tert-OH is 1. The minimum Gasteiger partial charge on any atom is -0.508 e. The van der Waals surface area contributed by atoms with E-state index in [1.807, 2.05) is 54.6 Å². The van der Waals surface area contributed by atoms with Gasteiger partial charge in [-0.25, -0.2) is 0 Å². The van der Waals surface area contributed by atoms with Gasteiger partial charge in [-0.1, -0.05) is 237 Å². The highest BCUT2D eigenvalue weighted by atomic mass is 35.5. The van der Waals surface area contributed by atoms with Gasteiger partial charge in [-0.15, -0.1) is 0 Å². The number of ketones is 3. The number of Topliss-reactive ketones (excluding diaryl/α,β-unsaturated/α-hetero) is 3. The van der Waals surface area contributed by atoms with Gasteiger partial charge in [0.15, 0.2) is 17.3 Å². The molecule has 0 heterocycles. The highest BCUT2D eigenvalue weighted by Gasteiger charge is 2.22. The van der Waals surface area contributed by atoms with Gasteiger partial charge in [0.2, 0.25) is 24.4 Å². The van der Waals surface area contributed by atoms with Crippen molar-refractivity contribution in [3.8, 4) is 63.2 Å². The third-order valence-corrected chi connectivity index (χ3v) is 19.8. The Morgan fingerprint density at radius 1 is 0.340 bits per heavy atom. The number of carbonyl (C=O) groups excluding carboxylic acids is 10. The van der Waals surface area contributed by atoms with Crippen molar-refractivity contribution in [3.05, 3.63) is 427 Å². The second kappa shape index (κ2) is 71.1. The van der Waals surface area contributed by atoms with E-state index in [1.54, 1.807) is 141 Å². The lowest BCUT2D eigenvalue weighted by molar-refractivity contribution is -0.146. The van der Waals surface area contributed by atoms with Gasteiger partial charge < -0.3 is 67.9 Å². The van der Waals surface area contributed by atoms with Crippen LogP contribution in [0.1, 0.15) is 114 Å². The molecule has 3 amide bonds. The molecule has 788 valence electrons. The normalized spacial score (nSPS) is 12.4. The number of esters is 3. The monoisotopic (exact) mass is 2300 g/mol. The van der Waals surface area contributed by atoms with Crippen molar-refractivity contribution in [1.29, 1.82) is 1.43 Å². The van der Waals surface area contributed by atoms with Gasteiger partial charge in [-0.2, -0.15) is 0 Å². The molecule has 25 nitrogen and oxygen atoms in total. The molecule has 0 spiro atoms. The summed E-state index contributed by atoms with van der Waals surface area (Å²) in [6.45, 7) is -1.13. The number of amides is 3. The van der Waals surface area contributed by atoms with Gasteiger partial charge in [0, 0.05) is 121 Å². The number of aliphatic hydroxyl groups is 1. The number of hydrogen-bond acceptors (Lipinski definition) is 21. The van der Waals surface area contributed by atoms with Crippen molar-refractivity contribution in [2.45, 2.75) is 53.3 Å². The Morgan fingerprint density at radius 3 is 1.01 bits per heavy atom. The Bertz CT molecular complexity index is 7810. The molecular formula is C113H105Cl12N3O22. The molecule has 14 rings (SSSR count). The van der Waals surface area contributed by atoms with Crippen LogP contribution in [0.5, 0.6) is 63.2 Å². The van der Waals surface area contributed by atoms with Gasteiger partial charge in [0.25, 0.3) is 0 Å². The molecule has 0 radical (unpaired) electrons. The van der Waals surface area contributed by atoms with Gasteiger partial charge in [-0.05, 0) is 257 Å². The van der Waals surface area contributed by atoms with Crippen LogP contribution in [0.3, 0.4) is 0 Å². The molecule has 0 unspecified atom stereocenters. The lowest BCUT2D eigenvalue weighted by Gasteiger charge is -2.17. The minimum atomic E-state index is -2.86. The van der Waals surface area contributed by atoms with E-state index in [0.29, 0.717) is 102 Å². The maximum atomic E-state index is 12.8. The summed E-state index contributed by atoms with van der Waals surface area (Å²) in [5, 5.41) is 23.0. The van der Waals surface area contributed by atoms with Crippen LogP contribution < -0.4 is 23.7 Å². The molecule has 150 heavy (non-hydrogen) atoms. The molecule has 0 aliphatic heterocycles. The second-order valence-corrected chi connectivity index (χ2v) is 33.5. The number of carboxylic acid groups (broad SMARTS) is 1. The van der Waals surface area contributed by atoms with Crippen LogP contribution in [0.15, 0.2) is 333 Å². The van der Waals surface area contributed by atoms with Gasteiger partial charge in [0.05, 0.1) is 88.6 Å². The number of carbonyl (C=O) groups is 11. The van der Waals surface area contributed by atoms with Gasteiger partial charge in [-0.3, -0.25) is 52.7 Å². The van der Waals surface area contributed by atoms with E-state index in [9.17, 15) is 52.7 Å². The van der Waals surface area contributed by atoms with Crippen LogP contribution in [-0.2, 0) is 78.2 Å². The largest absolute Gasteiger partial charge is 0.508 e. The van der Waals surface area contributed by atoms with E-state index < -0.39 is 134 Å². The fourth-order valence-electron chi connectivity index (χ4n) is 10.5. The number of rotatable bonds is 27. The predicted octanol–water partition coefficient (Wildman–Crippen LogP) is 29.2. The van der Waals surface area contributed by atoms with Crippen molar-refractivity contribution in [3.63, 3.8) is 0 Å². The number of benzene rings is 14. The number of aliphatic carboxylic acids is 1. The Balaban J connectivity index is 0.000000411. The van der Waals surface area contributed by atoms with Crippen LogP contribution in [0.2, 0.25) is 55.2 Å². The lowest BCUT2D eigenvalue weighted by Crippen LogP contribution is -2.33. The molecule has 0 bridgehead atoms. The molecule has 0 aromatic heterocycles. The molecule has 14 aromatic rings. The summed E-state index contributed by atoms with van der Waals surface area (Å²) >= 11 is 67.9. The molecule has 0 aliphatic rings. The van der Waals surface area contributed by atoms with E-state index in [4.69, 9.17) is 196 Å². The van der Waals surface area contributed by atoms with Crippen LogP contribution >= 0.6 is 139 Å². The van der Waals surface area contributed by atoms with E-state index >= 15 is 0 Å². The Morgan fingerprint density at radius 2 is 0.653 bits per heavy atom. The number of phenols is 1. The number of likely N-dealkylation sites (N-methyl/N-ethyl adjacent to an activating group) is 3. The van der Waals surface area contributed by atoms with Gasteiger partial charge >= 0.3 is 23.9 Å². The van der Waals surface area contributed by atoms with Crippen LogP contribution in [0.4, 0.5) is 0 Å². The summed E-state index contributed by atoms with van der Waals surface area (Å²) in [5.41, 5.74) is 1.93. The summed E-state index contributed by atoms with van der Waals surface area (Å²) < 4.78 is 227. The number of methoxy groups -OCH3 is 3. The zero-order chi connectivity index (χ0) is 133. The standard InChI is InChI=1S/3C18H18ClNO4.C14H11ClO3.C14H11ClO2.2C8H6Cl2O.C6H4Cl2.C6H6O.C2H3ClO.CH4O/c3*1-20(12-18(22)23-2)17(21)11-13-10-14(19)8-9-16(13)24-15-6-4-3-5-7-15;15-11-6-7-13(10(8-11)9-14(16)17)18-12-4-2-1-3-5-12;1-10(16)13-9-11(15)7-8-14(13)17-12-5-3-2-4-6-12;2*1-5(11)7-4-6(9)2-3-8(7)10;7-5-1-2-6(8)4-3-5;7-6-4-2-1-3-5-6;1-2(3)4;1-2/h3*3-10H,11-12H2,1-2H3;1-8H,9H2,(H,16,17);2-9H,1H3;2*2-4H,1H3;1-4H;1-5,7H;1H3;2H,1H3/i11D2,12D2;1D3;;;2D,3D,4D,5D,6D;2D,3D,4D;;1D,2D,3D,4D;1D,2D,3D,4D,5D;;2D. The molecule has 0 fully saturated rings. The Kier molecular flexibility index (Phi) is 43.8. The van der Waals surface area contributed by atoms with E-state index in [2.05, 4.69) is 30.9 Å². The summed E-state index contributed by atoms with van der Waals surface area (Å²) in [6, 6.07) is 56.6. The molecule has 0 aliphatic carbocycles. The quantitative estimate of drug-likeness (QED) is 0.0186. The smallest absolute Gasteiger partial charge is 0.325 e. The number of ether oxygens (including phenoxy) is 8. The summed E-state index contributed by atoms with van der Waals surface area (Å²) in [5.74, 6) is -3.92. The number of halogens is 12. The zero-order valence-corrected chi connectivity index (χ0v) is 89.5. The fraction of sp³-hybridized carbons (Fsp3) is 0.159. The third-order valence-electron chi connectivity index (χ3n) is 17.2. The van der Waals surface area contributed by atoms with Crippen LogP contribution in [0, 0.1) is 0 Å². The first-order valence-corrected chi connectivity index (χ1v) is 46.8. The zero-order valence-electron chi connectivity index (χ0n) is 105. The second-order valence-electron chi connectivity index (χ2n) is 28.4. The Hall–Kier alpha value is -13.7. The number of phenolic OH excluding ortho intramolecular Hbond substituents is 1. The molecule has 37 heteroatoms. The van der Waals surface area contributed by atoms with E-state index in [-0.39, 0.29) is 150 Å². The molecule has 14 aromatic carbocycles. The molecule has 3 N–H and O–H groups in total. The SMILES string of the molecule is CC(=O)Cl.CC(=O)c1cc(Cl)ccc1Cl.COC(=O)CN(C)C(=O)Cc1cc(Cl)ccc1Oc1ccccc1.O=C(O)Cc1cc(Cl)ccc1Oc1ccccc1.[2H]C([2H])(C(=O)N(C)C([2H])([2H])C(=O)OC)c1cc(Cl)ccc1Oc1ccccc1.[2H]C([2H])([2H])N(CC(=O)OC)C(=O)Cc1cc(Cl)ccc1Oc1ccccc1.[2H]OC.[2H]c1c([2H])c(Cl)c(C(C)=O)c([2H])c1Cl.[2H]c1c([2H])c(Cl)c([2H])c([2H])c1Cl.[2H]c1c([2H])c([2H])c(O)c([2H])c1[2H].[2H]c1c([2H])c([2H])c(Oc2ccc(Cl)cc2C(C)=O)c([2H])c1[2H]. The average molecular weight is 2310 g/mol. The first-order chi connectivity index (χ1) is 81.6. The minimum absolute atomic E-state index is 0.0287. The maximum absolute atomic E-state index is 12.8. The third kappa shape index (κ3) is 52.4. The van der Waals surface area contributed by atoms with Crippen LogP contribution in [-0.4, -0.2) is 165 Å². The Labute approximate surface area is 965 Å². The summed E-state index contributed by atoms with van der Waals surface area (Å²) in [4.78, 5) is 128.